The van der Waals surface area contributed by atoms with E-state index in [2.05, 4.69) is 51.3 Å². The largest absolute Gasteiger partial charge is 0.292 e. The average molecular weight is 213 g/mol. The fraction of sp³-hybridized carbons (Fsp3) is 1.00. The Morgan fingerprint density at radius 2 is 1.71 bits per heavy atom. The maximum Gasteiger partial charge on any atom is 0.0354 e. The monoisotopic (exact) mass is 213 g/mol. The van der Waals surface area contributed by atoms with Gasteiger partial charge in [-0.3, -0.25) is 4.90 Å². The molecular weight excluding hydrogens is 190 g/mol. The highest BCUT2D eigenvalue weighted by molar-refractivity contribution is 8.00. The third kappa shape index (κ3) is 1.42. The summed E-state index contributed by atoms with van der Waals surface area (Å²) in [5, 5.41) is 0.904. The number of rotatable bonds is 1. The highest BCUT2D eigenvalue weighted by atomic mass is 32.2. The van der Waals surface area contributed by atoms with Gasteiger partial charge in [0.05, 0.1) is 0 Å². The molecule has 4 atom stereocenters. The lowest BCUT2D eigenvalue weighted by atomic mass is 9.83. The van der Waals surface area contributed by atoms with Crippen molar-refractivity contribution in [1.82, 2.24) is 4.90 Å². The summed E-state index contributed by atoms with van der Waals surface area (Å²) in [5.41, 5.74) is 0. The zero-order valence-corrected chi connectivity index (χ0v) is 10.8. The molecule has 2 heteroatoms. The molecule has 3 heterocycles. The van der Waals surface area contributed by atoms with Crippen LogP contribution in [0.4, 0.5) is 0 Å². The van der Waals surface area contributed by atoms with E-state index in [1.807, 2.05) is 0 Å². The van der Waals surface area contributed by atoms with Crippen molar-refractivity contribution >= 4 is 11.8 Å². The van der Waals surface area contributed by atoms with Gasteiger partial charge >= 0.3 is 0 Å². The number of nitrogens with zero attached hydrogens (tertiary/aromatic N) is 1. The van der Waals surface area contributed by atoms with E-state index in [0.717, 1.165) is 35.2 Å². The van der Waals surface area contributed by atoms with Crippen LogP contribution in [0.5, 0.6) is 0 Å². The van der Waals surface area contributed by atoms with Crippen molar-refractivity contribution in [2.24, 2.45) is 11.8 Å². The molecule has 3 aliphatic rings. The summed E-state index contributed by atoms with van der Waals surface area (Å²) in [6.07, 6.45) is 0. The molecule has 14 heavy (non-hydrogen) atoms. The smallest absolute Gasteiger partial charge is 0.0354 e. The van der Waals surface area contributed by atoms with Gasteiger partial charge in [0.2, 0.25) is 0 Å². The standard InChI is InChI=1S/C12H23NS/c1-7(2)11-8(3)6-14-12-9(4)13(11)10(12)5/h7-12H,6H2,1-5H3. The molecule has 0 aromatic rings. The van der Waals surface area contributed by atoms with E-state index in [0.29, 0.717) is 0 Å². The van der Waals surface area contributed by atoms with Crippen molar-refractivity contribution in [3.63, 3.8) is 0 Å². The number of hydrogen-bond donors (Lipinski definition) is 0. The van der Waals surface area contributed by atoms with E-state index >= 15 is 0 Å². The van der Waals surface area contributed by atoms with E-state index in [4.69, 9.17) is 0 Å². The second-order valence-corrected chi connectivity index (χ2v) is 6.65. The van der Waals surface area contributed by atoms with Crippen LogP contribution in [-0.2, 0) is 0 Å². The molecule has 0 N–H and O–H groups in total. The van der Waals surface area contributed by atoms with Crippen molar-refractivity contribution in [1.29, 1.82) is 0 Å². The molecule has 3 rings (SSSR count). The highest BCUT2D eigenvalue weighted by Gasteiger charge is 2.50. The summed E-state index contributed by atoms with van der Waals surface area (Å²) in [5.74, 6) is 3.02. The molecule has 4 unspecified atom stereocenters. The van der Waals surface area contributed by atoms with Gasteiger partial charge in [-0.2, -0.15) is 11.8 Å². The minimum Gasteiger partial charge on any atom is -0.292 e. The average Bonchev–Trinajstić information content (AvgIpc) is 2.33. The summed E-state index contributed by atoms with van der Waals surface area (Å²) in [6, 6.07) is 2.44. The van der Waals surface area contributed by atoms with Crippen LogP contribution in [-0.4, -0.2) is 34.0 Å². The fourth-order valence-electron chi connectivity index (χ4n) is 3.49. The molecular formula is C12H23NS. The number of thioether (sulfide) groups is 1. The maximum atomic E-state index is 2.76. The molecule has 3 saturated heterocycles. The number of hydrogen-bond acceptors (Lipinski definition) is 2. The molecule has 0 aromatic heterocycles. The molecule has 2 bridgehead atoms. The van der Waals surface area contributed by atoms with Crippen LogP contribution < -0.4 is 0 Å². The molecule has 1 nitrogen and oxygen atoms in total. The lowest BCUT2D eigenvalue weighted by Crippen LogP contribution is -2.67. The second-order valence-electron chi connectivity index (χ2n) is 5.44. The minimum atomic E-state index is 0.801. The zero-order chi connectivity index (χ0) is 10.5. The van der Waals surface area contributed by atoms with E-state index < -0.39 is 0 Å². The second kappa shape index (κ2) is 3.71. The van der Waals surface area contributed by atoms with Gasteiger partial charge in [-0.15, -0.1) is 0 Å². The first-order valence-electron chi connectivity index (χ1n) is 5.93. The first-order valence-corrected chi connectivity index (χ1v) is 6.98. The van der Waals surface area contributed by atoms with Gasteiger partial charge in [-0.05, 0) is 31.4 Å². The quantitative estimate of drug-likeness (QED) is 0.659. The maximum absolute atomic E-state index is 2.76. The van der Waals surface area contributed by atoms with Crippen LogP contribution in [0.25, 0.3) is 0 Å². The molecule has 82 valence electrons. The third-order valence-corrected chi connectivity index (χ3v) is 5.94. The van der Waals surface area contributed by atoms with Gasteiger partial charge in [0, 0.05) is 23.4 Å². The van der Waals surface area contributed by atoms with E-state index in [1.165, 1.54) is 5.75 Å². The van der Waals surface area contributed by atoms with Gasteiger partial charge < -0.3 is 0 Å². The Morgan fingerprint density at radius 3 is 2.21 bits per heavy atom. The normalized spacial score (nSPS) is 52.7. The van der Waals surface area contributed by atoms with Crippen molar-refractivity contribution in [2.45, 2.75) is 58.0 Å². The Morgan fingerprint density at radius 1 is 1.14 bits per heavy atom. The van der Waals surface area contributed by atoms with Crippen molar-refractivity contribution in [3.05, 3.63) is 0 Å². The van der Waals surface area contributed by atoms with Crippen molar-refractivity contribution in [2.75, 3.05) is 5.75 Å². The zero-order valence-electron chi connectivity index (χ0n) is 10.0. The minimum absolute atomic E-state index is 0.801. The predicted molar refractivity (Wildman–Crippen MR) is 64.8 cm³/mol. The summed E-state index contributed by atoms with van der Waals surface area (Å²) >= 11 is 2.21. The molecule has 3 aliphatic heterocycles. The van der Waals surface area contributed by atoms with Gasteiger partial charge in [0.1, 0.15) is 0 Å². The Bertz CT molecular complexity index is 206. The van der Waals surface area contributed by atoms with Crippen molar-refractivity contribution < 1.29 is 0 Å². The number of fused-ring (bicyclic) bond motifs is 3. The Balaban J connectivity index is 2.20. The van der Waals surface area contributed by atoms with E-state index in [9.17, 15) is 0 Å². The first-order chi connectivity index (χ1) is 6.54. The van der Waals surface area contributed by atoms with Crippen LogP contribution in [0.1, 0.15) is 34.6 Å². The predicted octanol–water partition coefficient (Wildman–Crippen LogP) is 2.86. The third-order valence-electron chi connectivity index (χ3n) is 4.05. The lowest BCUT2D eigenvalue weighted by molar-refractivity contribution is -0.0275. The summed E-state index contributed by atoms with van der Waals surface area (Å²) in [4.78, 5) is 2.76. The molecule has 3 fully saturated rings. The topological polar surface area (TPSA) is 3.24 Å². The van der Waals surface area contributed by atoms with Crippen molar-refractivity contribution in [3.8, 4) is 0 Å². The fourth-order valence-corrected chi connectivity index (χ4v) is 5.05. The summed E-state index contributed by atoms with van der Waals surface area (Å²) in [6.45, 7) is 12.0. The molecule has 0 aromatic carbocycles. The van der Waals surface area contributed by atoms with Crippen LogP contribution in [0.15, 0.2) is 0 Å². The van der Waals surface area contributed by atoms with Gasteiger partial charge in [-0.25, -0.2) is 0 Å². The van der Waals surface area contributed by atoms with E-state index in [-0.39, 0.29) is 0 Å². The lowest BCUT2D eigenvalue weighted by Gasteiger charge is -2.55. The van der Waals surface area contributed by atoms with Gasteiger partial charge in [0.15, 0.2) is 0 Å². The molecule has 0 aliphatic carbocycles. The highest BCUT2D eigenvalue weighted by Crippen LogP contribution is 2.45. The van der Waals surface area contributed by atoms with Crippen LogP contribution in [0.2, 0.25) is 0 Å². The Kier molecular flexibility index (Phi) is 2.87. The SMILES string of the molecule is CC(C)C1C(C)CSC2C(C)N1C2C. The van der Waals surface area contributed by atoms with Gasteiger partial charge in [0.25, 0.3) is 0 Å². The van der Waals surface area contributed by atoms with E-state index in [1.54, 1.807) is 0 Å². The van der Waals surface area contributed by atoms with Gasteiger partial charge in [-0.1, -0.05) is 20.8 Å². The molecule has 0 spiro atoms. The first kappa shape index (κ1) is 10.8. The summed E-state index contributed by atoms with van der Waals surface area (Å²) in [7, 11) is 0. The molecule has 0 amide bonds. The molecule has 0 saturated carbocycles. The molecule has 0 radical (unpaired) electrons. The van der Waals surface area contributed by atoms with Crippen LogP contribution in [0, 0.1) is 11.8 Å². The Labute approximate surface area is 92.6 Å². The Hall–Kier alpha value is 0.310. The van der Waals surface area contributed by atoms with Crippen LogP contribution >= 0.6 is 11.8 Å². The summed E-state index contributed by atoms with van der Waals surface area (Å²) < 4.78 is 0. The van der Waals surface area contributed by atoms with Crippen LogP contribution in [0.3, 0.4) is 0 Å².